The minimum Gasteiger partial charge on any atom is -0.276 e. The first-order chi connectivity index (χ1) is 18.3. The lowest BCUT2D eigenvalue weighted by Gasteiger charge is -2.24. The molecule has 38 heavy (non-hydrogen) atoms. The molecule has 0 saturated carbocycles. The fourth-order valence-corrected chi connectivity index (χ4v) is 5.95. The van der Waals surface area contributed by atoms with Crippen molar-refractivity contribution in [1.82, 2.24) is 19.5 Å². The van der Waals surface area contributed by atoms with Crippen molar-refractivity contribution in [2.75, 3.05) is 0 Å². The van der Waals surface area contributed by atoms with E-state index in [4.69, 9.17) is 9.97 Å². The van der Waals surface area contributed by atoms with Crippen LogP contribution in [-0.4, -0.2) is 19.5 Å². The molecule has 0 spiro atoms. The van der Waals surface area contributed by atoms with Crippen molar-refractivity contribution in [1.29, 1.82) is 0 Å². The molecular formula is C33H30N4S. The van der Waals surface area contributed by atoms with E-state index in [1.54, 1.807) is 11.3 Å². The lowest BCUT2D eigenvalue weighted by Crippen LogP contribution is -2.14. The summed E-state index contributed by atoms with van der Waals surface area (Å²) in [6.07, 6.45) is 0. The summed E-state index contributed by atoms with van der Waals surface area (Å²) in [5.41, 5.74) is 9.77. The number of aryl methyl sites for hydroxylation is 2. The lowest BCUT2D eigenvalue weighted by atomic mass is 9.81. The van der Waals surface area contributed by atoms with Crippen LogP contribution in [0.3, 0.4) is 0 Å². The molecule has 0 radical (unpaired) electrons. The molecular weight excluding hydrogens is 484 g/mol. The fourth-order valence-electron chi connectivity index (χ4n) is 5.02. The first-order valence-electron chi connectivity index (χ1n) is 12.9. The smallest absolute Gasteiger partial charge is 0.177 e. The predicted octanol–water partition coefficient (Wildman–Crippen LogP) is 8.79. The van der Waals surface area contributed by atoms with Crippen molar-refractivity contribution >= 4 is 21.8 Å². The van der Waals surface area contributed by atoms with Crippen LogP contribution < -0.4 is 0 Å². The highest BCUT2D eigenvalue weighted by Crippen LogP contribution is 2.40. The quantitative estimate of drug-likeness (QED) is 0.236. The summed E-state index contributed by atoms with van der Waals surface area (Å²) in [6, 6.07) is 31.8. The van der Waals surface area contributed by atoms with Crippen molar-refractivity contribution in [3.63, 3.8) is 0 Å². The molecule has 0 atom stereocenters. The molecule has 0 unspecified atom stereocenters. The van der Waals surface area contributed by atoms with Gasteiger partial charge in [-0.15, -0.1) is 0 Å². The zero-order valence-electron chi connectivity index (χ0n) is 22.4. The van der Waals surface area contributed by atoms with Gasteiger partial charge in [0.15, 0.2) is 10.5 Å². The second-order valence-electron chi connectivity index (χ2n) is 10.8. The van der Waals surface area contributed by atoms with Gasteiger partial charge in [-0.1, -0.05) is 92.8 Å². The molecule has 0 saturated heterocycles. The van der Waals surface area contributed by atoms with Crippen LogP contribution in [0.4, 0.5) is 0 Å². The zero-order chi connectivity index (χ0) is 26.4. The van der Waals surface area contributed by atoms with Crippen molar-refractivity contribution in [2.24, 2.45) is 0 Å². The summed E-state index contributed by atoms with van der Waals surface area (Å²) >= 11 is 1.64. The van der Waals surface area contributed by atoms with E-state index in [-0.39, 0.29) is 5.41 Å². The Morgan fingerprint density at radius 1 is 0.658 bits per heavy atom. The minimum absolute atomic E-state index is 0.0913. The van der Waals surface area contributed by atoms with Crippen LogP contribution in [0.25, 0.3) is 49.3 Å². The molecule has 6 rings (SSSR count). The molecule has 0 bridgehead atoms. The molecule has 5 heteroatoms. The first-order valence-corrected chi connectivity index (χ1v) is 13.7. The summed E-state index contributed by atoms with van der Waals surface area (Å²) in [7, 11) is 0. The van der Waals surface area contributed by atoms with E-state index in [1.165, 1.54) is 16.7 Å². The maximum Gasteiger partial charge on any atom is 0.177 e. The van der Waals surface area contributed by atoms with Gasteiger partial charge in [0.25, 0.3) is 0 Å². The van der Waals surface area contributed by atoms with E-state index < -0.39 is 0 Å². The Balaban J connectivity index is 1.59. The molecule has 0 aliphatic carbocycles. The van der Waals surface area contributed by atoms with E-state index in [0.717, 1.165) is 49.5 Å². The van der Waals surface area contributed by atoms with Crippen LogP contribution in [0.5, 0.6) is 0 Å². The highest BCUT2D eigenvalue weighted by molar-refractivity contribution is 7.21. The van der Waals surface area contributed by atoms with Crippen molar-refractivity contribution in [3.8, 4) is 38.8 Å². The van der Waals surface area contributed by atoms with Gasteiger partial charge >= 0.3 is 0 Å². The minimum atomic E-state index is -0.0913. The molecule has 0 aliphatic heterocycles. The van der Waals surface area contributed by atoms with E-state index in [1.807, 2.05) is 12.1 Å². The zero-order valence-corrected chi connectivity index (χ0v) is 23.2. The molecule has 3 aromatic heterocycles. The number of thiazole rings is 1. The topological polar surface area (TPSA) is 43.6 Å². The average Bonchev–Trinajstić information content (AvgIpc) is 3.47. The van der Waals surface area contributed by atoms with Crippen LogP contribution in [-0.2, 0) is 5.41 Å². The maximum atomic E-state index is 5.22. The Bertz CT molecular complexity index is 1740. The number of rotatable bonds is 4. The second-order valence-corrected chi connectivity index (χ2v) is 11.7. The molecule has 6 aromatic rings. The fraction of sp³-hybridized carbons (Fsp3) is 0.182. The number of imidazole rings is 1. The van der Waals surface area contributed by atoms with E-state index in [9.17, 15) is 0 Å². The van der Waals surface area contributed by atoms with Gasteiger partial charge in [0.05, 0.1) is 0 Å². The van der Waals surface area contributed by atoms with Crippen molar-refractivity contribution in [2.45, 2.75) is 40.0 Å². The number of nitrogens with zero attached hydrogens (tertiary/aromatic N) is 4. The average molecular weight is 515 g/mol. The third-order valence-electron chi connectivity index (χ3n) is 6.74. The van der Waals surface area contributed by atoms with Crippen LogP contribution in [0.1, 0.15) is 37.7 Å². The number of para-hydroxylation sites is 1. The van der Waals surface area contributed by atoms with Crippen LogP contribution in [0.15, 0.2) is 91.0 Å². The summed E-state index contributed by atoms with van der Waals surface area (Å²) in [4.78, 5) is 15.8. The largest absolute Gasteiger partial charge is 0.276 e. The molecule has 0 fully saturated rings. The molecule has 188 valence electrons. The highest BCUT2D eigenvalue weighted by atomic mass is 32.1. The third-order valence-corrected chi connectivity index (χ3v) is 7.73. The lowest BCUT2D eigenvalue weighted by molar-refractivity contribution is 0.591. The maximum absolute atomic E-state index is 5.22. The normalized spacial score (nSPS) is 11.8. The van der Waals surface area contributed by atoms with Crippen LogP contribution in [0, 0.1) is 13.8 Å². The van der Waals surface area contributed by atoms with Gasteiger partial charge in [-0.3, -0.25) is 9.55 Å². The summed E-state index contributed by atoms with van der Waals surface area (Å²) in [5, 5.41) is 0.981. The third kappa shape index (κ3) is 4.44. The SMILES string of the molecule is Cc1cc(-c2ccc(-c3nc4sc(-c5ccccc5)nc4n3-c3ccccc3)c(C(C)(C)C)c2)cc(C)n1. The molecule has 0 aliphatic rings. The van der Waals surface area contributed by atoms with Gasteiger partial charge in [0.2, 0.25) is 0 Å². The number of hydrogen-bond acceptors (Lipinski definition) is 4. The second kappa shape index (κ2) is 9.34. The van der Waals surface area contributed by atoms with Gasteiger partial charge in [0, 0.05) is 28.2 Å². The number of aromatic nitrogens is 4. The summed E-state index contributed by atoms with van der Waals surface area (Å²) in [5.74, 6) is 0.920. The Labute approximate surface area is 227 Å². The van der Waals surface area contributed by atoms with E-state index in [2.05, 4.69) is 123 Å². The number of hydrogen-bond donors (Lipinski definition) is 0. The van der Waals surface area contributed by atoms with Crippen molar-refractivity contribution < 1.29 is 0 Å². The van der Waals surface area contributed by atoms with Gasteiger partial charge < -0.3 is 0 Å². The number of benzene rings is 3. The van der Waals surface area contributed by atoms with Gasteiger partial charge in [-0.2, -0.15) is 0 Å². The van der Waals surface area contributed by atoms with E-state index >= 15 is 0 Å². The van der Waals surface area contributed by atoms with E-state index in [0.29, 0.717) is 0 Å². The van der Waals surface area contributed by atoms with Crippen LogP contribution in [0.2, 0.25) is 0 Å². The summed E-state index contributed by atoms with van der Waals surface area (Å²) < 4.78 is 2.21. The molecule has 0 amide bonds. The Kier molecular flexibility index (Phi) is 5.96. The Morgan fingerprint density at radius 2 is 1.32 bits per heavy atom. The predicted molar refractivity (Wildman–Crippen MR) is 159 cm³/mol. The highest BCUT2D eigenvalue weighted by Gasteiger charge is 2.26. The van der Waals surface area contributed by atoms with Crippen molar-refractivity contribution in [3.05, 3.63) is 108 Å². The molecule has 0 N–H and O–H groups in total. The van der Waals surface area contributed by atoms with Crippen LogP contribution >= 0.6 is 11.3 Å². The first kappa shape index (κ1) is 24.3. The number of fused-ring (bicyclic) bond motifs is 1. The summed E-state index contributed by atoms with van der Waals surface area (Å²) in [6.45, 7) is 10.9. The number of pyridine rings is 1. The molecule has 3 aromatic carbocycles. The molecule has 3 heterocycles. The molecule has 4 nitrogen and oxygen atoms in total. The van der Waals surface area contributed by atoms with Gasteiger partial charge in [-0.05, 0) is 66.3 Å². The monoisotopic (exact) mass is 514 g/mol. The standard InChI is InChI=1S/C33H30N4S/c1-21-18-25(19-22(2)34-21)24-16-17-27(28(20-24)33(3,4)5)29-35-32-30(37(29)26-14-10-7-11-15-26)36-31(38-32)23-12-8-6-9-13-23/h6-20H,1-5H3. The Morgan fingerprint density at radius 3 is 1.97 bits per heavy atom. The van der Waals surface area contributed by atoms with Gasteiger partial charge in [0.1, 0.15) is 10.8 Å². The van der Waals surface area contributed by atoms with Gasteiger partial charge in [-0.25, -0.2) is 9.97 Å². The Hall–Kier alpha value is -4.09.